The molecule has 1 aromatic carbocycles. The Balaban J connectivity index is 0.00000420. The maximum absolute atomic E-state index is 4.89. The molecule has 1 aliphatic rings. The number of likely N-dealkylation sites (tertiary alicyclic amines) is 1. The van der Waals surface area contributed by atoms with Crippen LogP contribution in [0.1, 0.15) is 52.0 Å². The largest absolute Gasteiger partial charge is 0.357 e. The molecule has 1 saturated heterocycles. The fraction of sp³-hybridized carbons (Fsp3) is 0.696. The standard InChI is InChI=1S/C23H41N5.HI/c1-5-24-23(25-15-9-10-16-27(4)20(2)3)26-18-22-14-11-17-28(22)19-21-12-7-6-8-13-21;/h6-8,12-13,20,22H,5,9-11,14-19H2,1-4H3,(H2,24,25,26);1H. The molecule has 1 aromatic rings. The van der Waals surface area contributed by atoms with E-state index in [2.05, 4.69) is 78.6 Å². The fourth-order valence-electron chi connectivity index (χ4n) is 3.62. The van der Waals surface area contributed by atoms with Crippen molar-refractivity contribution in [3.63, 3.8) is 0 Å². The summed E-state index contributed by atoms with van der Waals surface area (Å²) in [6.45, 7) is 12.8. The first-order chi connectivity index (χ1) is 13.6. The summed E-state index contributed by atoms with van der Waals surface area (Å²) in [6, 6.07) is 12.0. The number of nitrogens with zero attached hydrogens (tertiary/aromatic N) is 3. The Labute approximate surface area is 195 Å². The summed E-state index contributed by atoms with van der Waals surface area (Å²) >= 11 is 0. The van der Waals surface area contributed by atoms with Crippen LogP contribution in [0.15, 0.2) is 35.3 Å². The average molecular weight is 516 g/mol. The maximum atomic E-state index is 4.89. The third-order valence-electron chi connectivity index (χ3n) is 5.64. The maximum Gasteiger partial charge on any atom is 0.191 e. The van der Waals surface area contributed by atoms with E-state index in [9.17, 15) is 0 Å². The molecule has 0 bridgehead atoms. The topological polar surface area (TPSA) is 42.9 Å². The quantitative estimate of drug-likeness (QED) is 0.203. The molecule has 0 aromatic heterocycles. The Morgan fingerprint density at radius 1 is 1.21 bits per heavy atom. The second-order valence-corrected chi connectivity index (χ2v) is 8.18. The molecule has 29 heavy (non-hydrogen) atoms. The number of aliphatic imine (C=N–C) groups is 1. The molecule has 5 nitrogen and oxygen atoms in total. The molecule has 1 atom stereocenters. The summed E-state index contributed by atoms with van der Waals surface area (Å²) in [5.41, 5.74) is 1.40. The molecule has 1 unspecified atom stereocenters. The van der Waals surface area contributed by atoms with Crippen LogP contribution in [0.5, 0.6) is 0 Å². The fourth-order valence-corrected chi connectivity index (χ4v) is 3.62. The van der Waals surface area contributed by atoms with Crippen molar-refractivity contribution in [3.8, 4) is 0 Å². The predicted molar refractivity (Wildman–Crippen MR) is 136 cm³/mol. The van der Waals surface area contributed by atoms with Gasteiger partial charge < -0.3 is 15.5 Å². The van der Waals surface area contributed by atoms with Crippen molar-refractivity contribution in [2.24, 2.45) is 4.99 Å². The van der Waals surface area contributed by atoms with Crippen LogP contribution in [0.25, 0.3) is 0 Å². The molecule has 2 rings (SSSR count). The highest BCUT2D eigenvalue weighted by Gasteiger charge is 2.24. The average Bonchev–Trinajstić information content (AvgIpc) is 3.13. The molecule has 166 valence electrons. The third kappa shape index (κ3) is 10.1. The number of nitrogens with one attached hydrogen (secondary N) is 2. The van der Waals surface area contributed by atoms with Gasteiger partial charge in [0, 0.05) is 31.7 Å². The van der Waals surface area contributed by atoms with Crippen molar-refractivity contribution in [2.45, 2.75) is 65.1 Å². The van der Waals surface area contributed by atoms with E-state index in [0.29, 0.717) is 12.1 Å². The van der Waals surface area contributed by atoms with E-state index in [4.69, 9.17) is 4.99 Å². The van der Waals surface area contributed by atoms with E-state index < -0.39 is 0 Å². The van der Waals surface area contributed by atoms with Gasteiger partial charge in [0.15, 0.2) is 5.96 Å². The minimum Gasteiger partial charge on any atom is -0.357 e. The Hall–Kier alpha value is -0.860. The van der Waals surface area contributed by atoms with Crippen LogP contribution in [-0.2, 0) is 6.54 Å². The summed E-state index contributed by atoms with van der Waals surface area (Å²) in [5.74, 6) is 0.964. The SMILES string of the molecule is CCNC(=NCC1CCCN1Cc1ccccc1)NCCCCN(C)C(C)C.I. The molecule has 1 fully saturated rings. The van der Waals surface area contributed by atoms with Crippen LogP contribution in [0, 0.1) is 0 Å². The molecule has 0 aliphatic carbocycles. The van der Waals surface area contributed by atoms with Crippen molar-refractivity contribution in [3.05, 3.63) is 35.9 Å². The summed E-state index contributed by atoms with van der Waals surface area (Å²) in [6.07, 6.45) is 4.91. The lowest BCUT2D eigenvalue weighted by Crippen LogP contribution is -2.39. The van der Waals surface area contributed by atoms with Crippen LogP contribution in [0.2, 0.25) is 0 Å². The minimum atomic E-state index is 0. The van der Waals surface area contributed by atoms with E-state index in [1.54, 1.807) is 0 Å². The van der Waals surface area contributed by atoms with Crippen LogP contribution >= 0.6 is 24.0 Å². The number of unbranched alkanes of at least 4 members (excludes halogenated alkanes) is 1. The van der Waals surface area contributed by atoms with Gasteiger partial charge in [-0.1, -0.05) is 30.3 Å². The van der Waals surface area contributed by atoms with Crippen molar-refractivity contribution in [1.82, 2.24) is 20.4 Å². The highest BCUT2D eigenvalue weighted by atomic mass is 127. The summed E-state index contributed by atoms with van der Waals surface area (Å²) in [5, 5.41) is 6.91. The Bertz CT molecular complexity index is 564. The number of guanidine groups is 1. The first-order valence-electron chi connectivity index (χ1n) is 11.1. The summed E-state index contributed by atoms with van der Waals surface area (Å²) in [4.78, 5) is 9.88. The second kappa shape index (κ2) is 15.0. The van der Waals surface area contributed by atoms with Gasteiger partial charge in [0.25, 0.3) is 0 Å². The van der Waals surface area contributed by atoms with E-state index >= 15 is 0 Å². The molecule has 1 aliphatic heterocycles. The Morgan fingerprint density at radius 3 is 2.66 bits per heavy atom. The first kappa shape index (κ1) is 26.2. The van der Waals surface area contributed by atoms with Gasteiger partial charge in [0.05, 0.1) is 6.54 Å². The highest BCUT2D eigenvalue weighted by Crippen LogP contribution is 2.20. The molecule has 0 radical (unpaired) electrons. The Morgan fingerprint density at radius 2 is 1.97 bits per heavy atom. The van der Waals surface area contributed by atoms with E-state index in [0.717, 1.165) is 38.7 Å². The lowest BCUT2D eigenvalue weighted by molar-refractivity contribution is 0.250. The minimum absolute atomic E-state index is 0. The lowest BCUT2D eigenvalue weighted by atomic mass is 10.2. The van der Waals surface area contributed by atoms with E-state index in [-0.39, 0.29) is 24.0 Å². The number of hydrogen-bond donors (Lipinski definition) is 2. The van der Waals surface area contributed by atoms with Crippen molar-refractivity contribution < 1.29 is 0 Å². The van der Waals surface area contributed by atoms with Gasteiger partial charge in [0.2, 0.25) is 0 Å². The van der Waals surface area contributed by atoms with Gasteiger partial charge in [0.1, 0.15) is 0 Å². The molecular formula is C23H42IN5. The summed E-state index contributed by atoms with van der Waals surface area (Å²) < 4.78 is 0. The number of rotatable bonds is 11. The van der Waals surface area contributed by atoms with Crippen molar-refractivity contribution >= 4 is 29.9 Å². The summed E-state index contributed by atoms with van der Waals surface area (Å²) in [7, 11) is 2.20. The molecule has 0 amide bonds. The van der Waals surface area contributed by atoms with Crippen molar-refractivity contribution in [1.29, 1.82) is 0 Å². The van der Waals surface area contributed by atoms with Gasteiger partial charge in [-0.25, -0.2) is 0 Å². The molecule has 2 N–H and O–H groups in total. The number of benzene rings is 1. The van der Waals surface area contributed by atoms with E-state index in [1.165, 1.54) is 37.8 Å². The first-order valence-corrected chi connectivity index (χ1v) is 11.1. The van der Waals surface area contributed by atoms with Gasteiger partial charge in [-0.2, -0.15) is 0 Å². The second-order valence-electron chi connectivity index (χ2n) is 8.18. The number of hydrogen-bond acceptors (Lipinski definition) is 3. The van der Waals surface area contributed by atoms with Gasteiger partial charge in [-0.05, 0) is 72.2 Å². The van der Waals surface area contributed by atoms with Gasteiger partial charge in [-0.15, -0.1) is 24.0 Å². The van der Waals surface area contributed by atoms with Crippen LogP contribution in [0.3, 0.4) is 0 Å². The molecular weight excluding hydrogens is 473 g/mol. The highest BCUT2D eigenvalue weighted by molar-refractivity contribution is 14.0. The normalized spacial score (nSPS) is 17.6. The molecule has 1 heterocycles. The van der Waals surface area contributed by atoms with Gasteiger partial charge >= 0.3 is 0 Å². The van der Waals surface area contributed by atoms with Crippen LogP contribution < -0.4 is 10.6 Å². The molecule has 0 saturated carbocycles. The van der Waals surface area contributed by atoms with E-state index in [1.807, 2.05) is 0 Å². The van der Waals surface area contributed by atoms with Crippen LogP contribution in [0.4, 0.5) is 0 Å². The smallest absolute Gasteiger partial charge is 0.191 e. The zero-order chi connectivity index (χ0) is 20.2. The van der Waals surface area contributed by atoms with Crippen molar-refractivity contribution in [2.75, 3.05) is 39.8 Å². The predicted octanol–water partition coefficient (Wildman–Crippen LogP) is 3.94. The van der Waals surface area contributed by atoms with Crippen LogP contribution in [-0.4, -0.2) is 67.6 Å². The number of halogens is 1. The molecule has 6 heteroatoms. The third-order valence-corrected chi connectivity index (χ3v) is 5.64. The monoisotopic (exact) mass is 515 g/mol. The lowest BCUT2D eigenvalue weighted by Gasteiger charge is -2.23. The molecule has 0 spiro atoms. The zero-order valence-electron chi connectivity index (χ0n) is 18.9. The zero-order valence-corrected chi connectivity index (χ0v) is 21.2. The Kier molecular flexibility index (Phi) is 13.6. The van der Waals surface area contributed by atoms with Gasteiger partial charge in [-0.3, -0.25) is 9.89 Å².